The van der Waals surface area contributed by atoms with Crippen molar-refractivity contribution in [2.75, 3.05) is 13.1 Å². The summed E-state index contributed by atoms with van der Waals surface area (Å²) in [4.78, 5) is 38.4. The molecule has 2 aromatic rings. The van der Waals surface area contributed by atoms with Gasteiger partial charge in [0.05, 0.1) is 18.2 Å². The lowest BCUT2D eigenvalue weighted by atomic mass is 9.99. The molecule has 1 aliphatic carbocycles. The van der Waals surface area contributed by atoms with Crippen LogP contribution < -0.4 is 5.56 Å². The van der Waals surface area contributed by atoms with Gasteiger partial charge in [-0.25, -0.2) is 4.98 Å². The summed E-state index contributed by atoms with van der Waals surface area (Å²) in [5.41, 5.74) is 2.84. The third-order valence-corrected chi connectivity index (χ3v) is 7.77. The van der Waals surface area contributed by atoms with Gasteiger partial charge in [0.1, 0.15) is 5.82 Å². The zero-order valence-corrected chi connectivity index (χ0v) is 18.3. The number of hydrogen-bond donors (Lipinski definition) is 1. The number of rotatable bonds is 4. The summed E-state index contributed by atoms with van der Waals surface area (Å²) < 4.78 is 0. The molecule has 0 unspecified atom stereocenters. The molecule has 3 aliphatic rings. The molecular weight excluding hydrogens is 396 g/mol. The van der Waals surface area contributed by atoms with Crippen molar-refractivity contribution in [2.45, 2.75) is 76.4 Å². The average molecular weight is 427 g/mol. The molecule has 30 heavy (non-hydrogen) atoms. The van der Waals surface area contributed by atoms with E-state index < -0.39 is 0 Å². The average Bonchev–Trinajstić information content (AvgIpc) is 3.48. The van der Waals surface area contributed by atoms with Gasteiger partial charge in [-0.15, -0.1) is 0 Å². The van der Waals surface area contributed by atoms with Crippen LogP contribution in [0.15, 0.2) is 21.6 Å². The highest BCUT2D eigenvalue weighted by molar-refractivity contribution is 7.08. The fourth-order valence-corrected chi connectivity index (χ4v) is 6.07. The number of aromatic amines is 1. The van der Waals surface area contributed by atoms with Crippen molar-refractivity contribution in [3.8, 4) is 0 Å². The fourth-order valence-electron chi connectivity index (χ4n) is 5.40. The summed E-state index contributed by atoms with van der Waals surface area (Å²) in [6.45, 7) is 2.46. The third-order valence-electron chi connectivity index (χ3n) is 7.04. The van der Waals surface area contributed by atoms with Gasteiger partial charge in [-0.05, 0) is 60.9 Å². The number of hydrogen-bond acceptors (Lipinski definition) is 5. The molecule has 4 heterocycles. The first-order chi connectivity index (χ1) is 14.7. The van der Waals surface area contributed by atoms with E-state index in [1.165, 1.54) is 25.7 Å². The molecule has 2 fully saturated rings. The largest absolute Gasteiger partial charge is 0.332 e. The molecule has 5 rings (SSSR count). The minimum absolute atomic E-state index is 0.00289. The molecule has 7 heteroatoms. The number of H-pyrrole nitrogens is 1. The second-order valence-electron chi connectivity index (χ2n) is 8.94. The van der Waals surface area contributed by atoms with Gasteiger partial charge in [0, 0.05) is 31.2 Å². The minimum Gasteiger partial charge on any atom is -0.332 e. The van der Waals surface area contributed by atoms with Gasteiger partial charge >= 0.3 is 0 Å². The van der Waals surface area contributed by atoms with Crippen molar-refractivity contribution in [1.29, 1.82) is 0 Å². The number of likely N-dealkylation sites (tertiary alicyclic amines) is 1. The fraction of sp³-hybridized carbons (Fsp3) is 0.609. The number of nitrogens with one attached hydrogen (secondary N) is 1. The van der Waals surface area contributed by atoms with Gasteiger partial charge in [-0.2, -0.15) is 11.3 Å². The molecule has 2 aliphatic heterocycles. The first-order valence-electron chi connectivity index (χ1n) is 11.4. The van der Waals surface area contributed by atoms with E-state index in [-0.39, 0.29) is 17.5 Å². The number of fused-ring (bicyclic) bond motifs is 1. The maximum Gasteiger partial charge on any atom is 0.254 e. The summed E-state index contributed by atoms with van der Waals surface area (Å²) >= 11 is 1.62. The maximum absolute atomic E-state index is 13.1. The van der Waals surface area contributed by atoms with E-state index >= 15 is 0 Å². The zero-order valence-electron chi connectivity index (χ0n) is 17.4. The normalized spacial score (nSPS) is 22.9. The molecule has 0 spiro atoms. The molecule has 1 N–H and O–H groups in total. The summed E-state index contributed by atoms with van der Waals surface area (Å²) in [5, 5.41) is 4.04. The van der Waals surface area contributed by atoms with Gasteiger partial charge < -0.3 is 9.88 Å². The van der Waals surface area contributed by atoms with Crippen LogP contribution in [0.5, 0.6) is 0 Å². The maximum atomic E-state index is 13.1. The van der Waals surface area contributed by atoms with Crippen molar-refractivity contribution in [3.05, 3.63) is 49.8 Å². The van der Waals surface area contributed by atoms with Crippen molar-refractivity contribution in [2.24, 2.45) is 0 Å². The van der Waals surface area contributed by atoms with Crippen LogP contribution in [0.1, 0.15) is 73.6 Å². The molecule has 1 saturated heterocycles. The molecule has 0 bridgehead atoms. The predicted molar refractivity (Wildman–Crippen MR) is 118 cm³/mol. The van der Waals surface area contributed by atoms with Gasteiger partial charge in [0.15, 0.2) is 0 Å². The highest BCUT2D eigenvalue weighted by atomic mass is 32.1. The van der Waals surface area contributed by atoms with E-state index in [1.807, 2.05) is 21.7 Å². The second-order valence-corrected chi connectivity index (χ2v) is 9.72. The number of aromatic nitrogens is 2. The van der Waals surface area contributed by atoms with Crippen molar-refractivity contribution >= 4 is 17.2 Å². The molecule has 160 valence electrons. The van der Waals surface area contributed by atoms with E-state index in [0.717, 1.165) is 62.1 Å². The quantitative estimate of drug-likeness (QED) is 0.813. The second kappa shape index (κ2) is 8.63. The van der Waals surface area contributed by atoms with E-state index in [2.05, 4.69) is 9.88 Å². The van der Waals surface area contributed by atoms with Crippen LogP contribution >= 0.6 is 11.3 Å². The molecular formula is C23H30N4O2S. The van der Waals surface area contributed by atoms with Crippen molar-refractivity contribution in [3.63, 3.8) is 0 Å². The molecule has 6 nitrogen and oxygen atoms in total. The lowest BCUT2D eigenvalue weighted by Gasteiger charge is -2.36. The van der Waals surface area contributed by atoms with E-state index in [1.54, 1.807) is 11.3 Å². The third kappa shape index (κ3) is 3.97. The molecule has 1 atom stereocenters. The lowest BCUT2D eigenvalue weighted by Crippen LogP contribution is -2.43. The Bertz CT molecular complexity index is 949. The van der Waals surface area contributed by atoms with Crippen LogP contribution in [-0.4, -0.2) is 44.8 Å². The predicted octanol–water partition coefficient (Wildman–Crippen LogP) is 3.43. The number of piperidine rings is 1. The Balaban J connectivity index is 1.39. The summed E-state index contributed by atoms with van der Waals surface area (Å²) in [5.74, 6) is 0.816. The molecule has 0 radical (unpaired) electrons. The van der Waals surface area contributed by atoms with Crippen molar-refractivity contribution < 1.29 is 4.79 Å². The first-order valence-corrected chi connectivity index (χ1v) is 12.3. The number of thiophene rings is 1. The van der Waals surface area contributed by atoms with Crippen LogP contribution in [-0.2, 0) is 24.2 Å². The van der Waals surface area contributed by atoms with Crippen LogP contribution in [0.3, 0.4) is 0 Å². The summed E-state index contributed by atoms with van der Waals surface area (Å²) in [7, 11) is 0. The highest BCUT2D eigenvalue weighted by Crippen LogP contribution is 2.31. The zero-order chi connectivity index (χ0) is 20.5. The van der Waals surface area contributed by atoms with E-state index in [9.17, 15) is 9.59 Å². The van der Waals surface area contributed by atoms with Gasteiger partial charge in [-0.3, -0.25) is 14.5 Å². The first kappa shape index (κ1) is 19.9. The van der Waals surface area contributed by atoms with Crippen LogP contribution in [0.4, 0.5) is 0 Å². The van der Waals surface area contributed by atoms with Crippen LogP contribution in [0, 0.1) is 0 Å². The van der Waals surface area contributed by atoms with E-state index in [0.29, 0.717) is 18.3 Å². The minimum atomic E-state index is -0.121. The Morgan fingerprint density at radius 3 is 2.80 bits per heavy atom. The molecule has 0 aromatic carbocycles. The number of amides is 1. The Morgan fingerprint density at radius 1 is 1.17 bits per heavy atom. The standard InChI is InChI=1S/C23H30N4O2S/c28-21(13-16-9-12-30-15-16)27-10-4-3-7-20(27)22-24-19-14-26(17-5-1-2-6-17)11-8-18(19)23(29)25-22/h9,12,15,17,20H,1-8,10-11,13-14H2,(H,24,25,29)/t20-/m1/s1. The van der Waals surface area contributed by atoms with Gasteiger partial charge in [0.25, 0.3) is 5.56 Å². The summed E-state index contributed by atoms with van der Waals surface area (Å²) in [6.07, 6.45) is 9.28. The Hall–Kier alpha value is -1.99. The monoisotopic (exact) mass is 426 g/mol. The Kier molecular flexibility index (Phi) is 5.74. The lowest BCUT2D eigenvalue weighted by molar-refractivity contribution is -0.134. The Morgan fingerprint density at radius 2 is 2.00 bits per heavy atom. The van der Waals surface area contributed by atoms with Gasteiger partial charge in [0.2, 0.25) is 5.91 Å². The molecule has 1 saturated carbocycles. The number of carbonyl (C=O) groups excluding carboxylic acids is 1. The molecule has 1 amide bonds. The Labute approximate surface area is 181 Å². The number of nitrogens with zero attached hydrogens (tertiary/aromatic N) is 3. The van der Waals surface area contributed by atoms with E-state index in [4.69, 9.17) is 4.98 Å². The smallest absolute Gasteiger partial charge is 0.254 e. The van der Waals surface area contributed by atoms with Crippen molar-refractivity contribution in [1.82, 2.24) is 19.8 Å². The van der Waals surface area contributed by atoms with Crippen LogP contribution in [0.25, 0.3) is 0 Å². The van der Waals surface area contributed by atoms with Gasteiger partial charge in [-0.1, -0.05) is 12.8 Å². The SMILES string of the molecule is O=C(Cc1ccsc1)N1CCCC[C@@H]1c1nc2c(c(=O)[nH]1)CCN(C1CCCC1)C2. The van der Waals surface area contributed by atoms with Crippen LogP contribution in [0.2, 0.25) is 0 Å². The molecule has 2 aromatic heterocycles. The highest BCUT2D eigenvalue weighted by Gasteiger charge is 2.32. The number of carbonyl (C=O) groups is 1. The summed E-state index contributed by atoms with van der Waals surface area (Å²) in [6, 6.07) is 2.53. The topological polar surface area (TPSA) is 69.3 Å².